The van der Waals surface area contributed by atoms with E-state index < -0.39 is 5.97 Å². The number of esters is 1. The smallest absolute Gasteiger partial charge is 0.336 e. The first-order valence-corrected chi connectivity index (χ1v) is 6.84. The van der Waals surface area contributed by atoms with Crippen LogP contribution in [0.4, 0.5) is 0 Å². The largest absolute Gasteiger partial charge is 0.459 e. The van der Waals surface area contributed by atoms with Crippen LogP contribution in [0.1, 0.15) is 19.3 Å². The van der Waals surface area contributed by atoms with Gasteiger partial charge in [0.15, 0.2) is 0 Å². The van der Waals surface area contributed by atoms with Crippen molar-refractivity contribution < 1.29 is 19.4 Å². The van der Waals surface area contributed by atoms with E-state index in [0.29, 0.717) is 24.0 Å². The van der Waals surface area contributed by atoms with E-state index in [2.05, 4.69) is 6.58 Å². The lowest BCUT2D eigenvalue weighted by molar-refractivity contribution is -0.149. The number of epoxide rings is 1. The molecule has 3 aliphatic carbocycles. The second-order valence-electron chi connectivity index (χ2n) is 6.22. The number of aliphatic hydroxyl groups excluding tert-OH is 1. The Morgan fingerprint density at radius 1 is 1.33 bits per heavy atom. The van der Waals surface area contributed by atoms with Gasteiger partial charge < -0.3 is 14.6 Å². The van der Waals surface area contributed by atoms with E-state index in [1.54, 1.807) is 0 Å². The molecule has 0 radical (unpaired) electrons. The molecule has 1 aliphatic heterocycles. The van der Waals surface area contributed by atoms with Crippen LogP contribution in [-0.4, -0.2) is 36.0 Å². The molecule has 4 aliphatic rings. The molecular weight excluding hydrogens is 232 g/mol. The van der Waals surface area contributed by atoms with E-state index in [4.69, 9.17) is 14.6 Å². The van der Waals surface area contributed by atoms with Crippen LogP contribution in [0.25, 0.3) is 0 Å². The normalized spacial score (nSPS) is 50.8. The summed E-state index contributed by atoms with van der Waals surface area (Å²) in [6.07, 6.45) is 4.39. The molecule has 98 valence electrons. The van der Waals surface area contributed by atoms with Crippen molar-refractivity contribution in [1.29, 1.82) is 0 Å². The molecule has 2 bridgehead atoms. The third kappa shape index (κ3) is 1.36. The number of carbonyl (C=O) groups excluding carboxylic acids is 1. The van der Waals surface area contributed by atoms with Gasteiger partial charge in [-0.05, 0) is 37.0 Å². The molecule has 7 atom stereocenters. The Bertz CT molecular complexity index is 418. The fraction of sp³-hybridized carbons (Fsp3) is 0.786. The molecule has 1 heterocycles. The maximum absolute atomic E-state index is 11.7. The predicted molar refractivity (Wildman–Crippen MR) is 62.6 cm³/mol. The zero-order valence-electron chi connectivity index (χ0n) is 10.2. The molecule has 4 rings (SSSR count). The first kappa shape index (κ1) is 11.0. The molecule has 4 nitrogen and oxygen atoms in total. The summed E-state index contributed by atoms with van der Waals surface area (Å²) in [5, 5.41) is 8.89. The summed E-state index contributed by atoms with van der Waals surface area (Å²) in [5.41, 5.74) is 0.154. The van der Waals surface area contributed by atoms with E-state index in [-0.39, 0.29) is 18.3 Å². The molecule has 0 aromatic carbocycles. The number of hydrogen-bond acceptors (Lipinski definition) is 4. The molecular formula is C14H18O4. The maximum atomic E-state index is 11.7. The monoisotopic (exact) mass is 250 g/mol. The van der Waals surface area contributed by atoms with Gasteiger partial charge in [0.25, 0.3) is 0 Å². The van der Waals surface area contributed by atoms with Gasteiger partial charge in [-0.1, -0.05) is 6.58 Å². The Morgan fingerprint density at radius 3 is 2.94 bits per heavy atom. The van der Waals surface area contributed by atoms with Crippen molar-refractivity contribution >= 4 is 5.97 Å². The number of fused-ring (bicyclic) bond motifs is 7. The minimum absolute atomic E-state index is 0.0231. The van der Waals surface area contributed by atoms with Gasteiger partial charge in [0.1, 0.15) is 6.10 Å². The third-order valence-corrected chi connectivity index (χ3v) is 5.43. The zero-order chi connectivity index (χ0) is 12.4. The average molecular weight is 250 g/mol. The molecule has 18 heavy (non-hydrogen) atoms. The van der Waals surface area contributed by atoms with E-state index >= 15 is 0 Å². The summed E-state index contributed by atoms with van der Waals surface area (Å²) in [4.78, 5) is 11.7. The number of hydrogen-bond donors (Lipinski definition) is 1. The molecule has 0 aromatic heterocycles. The van der Waals surface area contributed by atoms with Crippen LogP contribution >= 0.6 is 0 Å². The van der Waals surface area contributed by atoms with Gasteiger partial charge >= 0.3 is 5.97 Å². The Balaban J connectivity index is 1.46. The topological polar surface area (TPSA) is 59.1 Å². The predicted octanol–water partition coefficient (Wildman–Crippen LogP) is 0.890. The second-order valence-corrected chi connectivity index (χ2v) is 6.22. The minimum atomic E-state index is -0.433. The summed E-state index contributed by atoms with van der Waals surface area (Å²) >= 11 is 0. The summed E-state index contributed by atoms with van der Waals surface area (Å²) in [6.45, 7) is 3.20. The highest BCUT2D eigenvalue weighted by atomic mass is 16.6. The van der Waals surface area contributed by atoms with Gasteiger partial charge in [-0.2, -0.15) is 0 Å². The standard InChI is InChI=1S/C14H18O4/c1-6(5-15)14(16)18-10-3-7-2-9(10)12-8(7)4-11-13(12)17-11/h7-13,15H,1-5H2. The first-order valence-electron chi connectivity index (χ1n) is 6.84. The summed E-state index contributed by atoms with van der Waals surface area (Å²) < 4.78 is 11.2. The molecule has 0 aromatic rings. The second kappa shape index (κ2) is 3.58. The maximum Gasteiger partial charge on any atom is 0.336 e. The van der Waals surface area contributed by atoms with Crippen LogP contribution in [-0.2, 0) is 14.3 Å². The molecule has 0 spiro atoms. The molecule has 3 saturated carbocycles. The van der Waals surface area contributed by atoms with Crippen molar-refractivity contribution in [3.05, 3.63) is 12.2 Å². The van der Waals surface area contributed by atoms with Crippen LogP contribution in [0.2, 0.25) is 0 Å². The highest BCUT2D eigenvalue weighted by Crippen LogP contribution is 2.64. The first-order chi connectivity index (χ1) is 8.69. The van der Waals surface area contributed by atoms with Gasteiger partial charge in [0, 0.05) is 5.92 Å². The highest BCUT2D eigenvalue weighted by Gasteiger charge is 2.67. The molecule has 1 N–H and O–H groups in total. The van der Waals surface area contributed by atoms with Crippen molar-refractivity contribution in [3.8, 4) is 0 Å². The molecule has 4 heteroatoms. The van der Waals surface area contributed by atoms with Crippen LogP contribution in [0.3, 0.4) is 0 Å². The molecule has 7 unspecified atom stereocenters. The molecule has 0 amide bonds. The lowest BCUT2D eigenvalue weighted by atomic mass is 9.79. The summed E-state index contributed by atoms with van der Waals surface area (Å²) in [5.74, 6) is 2.20. The summed E-state index contributed by atoms with van der Waals surface area (Å²) in [7, 11) is 0. The van der Waals surface area contributed by atoms with Crippen LogP contribution in [0.15, 0.2) is 12.2 Å². The number of rotatable bonds is 3. The molecule has 4 fully saturated rings. The average Bonchev–Trinajstić information content (AvgIpc) is 2.76. The van der Waals surface area contributed by atoms with Crippen LogP contribution in [0.5, 0.6) is 0 Å². The fourth-order valence-electron chi connectivity index (χ4n) is 4.67. The lowest BCUT2D eigenvalue weighted by Crippen LogP contribution is -2.35. The Labute approximate surface area is 106 Å². The van der Waals surface area contributed by atoms with E-state index in [0.717, 1.165) is 18.3 Å². The van der Waals surface area contributed by atoms with E-state index in [1.165, 1.54) is 12.8 Å². The quantitative estimate of drug-likeness (QED) is 0.459. The van der Waals surface area contributed by atoms with Gasteiger partial charge in [0.2, 0.25) is 0 Å². The Hall–Kier alpha value is -0.870. The van der Waals surface area contributed by atoms with Gasteiger partial charge in [-0.3, -0.25) is 0 Å². The number of ether oxygens (including phenoxy) is 2. The minimum Gasteiger partial charge on any atom is -0.459 e. The van der Waals surface area contributed by atoms with Gasteiger partial charge in [-0.25, -0.2) is 4.79 Å². The highest BCUT2D eigenvalue weighted by molar-refractivity contribution is 5.88. The Kier molecular flexibility index (Phi) is 2.19. The van der Waals surface area contributed by atoms with Crippen molar-refractivity contribution in [2.24, 2.45) is 23.7 Å². The fourth-order valence-corrected chi connectivity index (χ4v) is 4.67. The van der Waals surface area contributed by atoms with Crippen molar-refractivity contribution in [1.82, 2.24) is 0 Å². The number of aliphatic hydroxyl groups is 1. The third-order valence-electron chi connectivity index (χ3n) is 5.43. The summed E-state index contributed by atoms with van der Waals surface area (Å²) in [6, 6.07) is 0. The van der Waals surface area contributed by atoms with Crippen LogP contribution < -0.4 is 0 Å². The van der Waals surface area contributed by atoms with Gasteiger partial charge in [0.05, 0.1) is 24.4 Å². The van der Waals surface area contributed by atoms with Gasteiger partial charge in [-0.15, -0.1) is 0 Å². The van der Waals surface area contributed by atoms with Crippen molar-refractivity contribution in [2.45, 2.75) is 37.6 Å². The van der Waals surface area contributed by atoms with Crippen LogP contribution in [0, 0.1) is 23.7 Å². The van der Waals surface area contributed by atoms with E-state index in [9.17, 15) is 4.79 Å². The van der Waals surface area contributed by atoms with Crippen molar-refractivity contribution in [3.63, 3.8) is 0 Å². The lowest BCUT2D eigenvalue weighted by Gasteiger charge is -2.32. The zero-order valence-corrected chi connectivity index (χ0v) is 10.2. The molecule has 1 saturated heterocycles. The Morgan fingerprint density at radius 2 is 2.17 bits per heavy atom. The van der Waals surface area contributed by atoms with Crippen molar-refractivity contribution in [2.75, 3.05) is 6.61 Å². The van der Waals surface area contributed by atoms with E-state index in [1.807, 2.05) is 0 Å². The SMILES string of the molecule is C=C(CO)C(=O)OC1CC2CC1C1C2CC2OC21. The number of carbonyl (C=O) groups is 1.